The molecule has 31 heavy (non-hydrogen) atoms. The molecule has 2 fully saturated rings. The van der Waals surface area contributed by atoms with Crippen LogP contribution in [-0.2, 0) is 9.59 Å². The lowest BCUT2D eigenvalue weighted by Crippen LogP contribution is -2.59. The van der Waals surface area contributed by atoms with Gasteiger partial charge in [0.05, 0.1) is 18.3 Å². The van der Waals surface area contributed by atoms with E-state index >= 15 is 0 Å². The summed E-state index contributed by atoms with van der Waals surface area (Å²) in [4.78, 5) is 29.8. The van der Waals surface area contributed by atoms with Gasteiger partial charge in [-0.2, -0.15) is 11.8 Å². The van der Waals surface area contributed by atoms with Crippen molar-refractivity contribution >= 4 is 23.6 Å². The fourth-order valence-corrected chi connectivity index (χ4v) is 5.03. The van der Waals surface area contributed by atoms with Crippen LogP contribution in [0.1, 0.15) is 51.9 Å². The van der Waals surface area contributed by atoms with Crippen LogP contribution in [0.3, 0.4) is 0 Å². The molecule has 6 nitrogen and oxygen atoms in total. The van der Waals surface area contributed by atoms with Gasteiger partial charge in [0.2, 0.25) is 11.8 Å². The van der Waals surface area contributed by atoms with Crippen molar-refractivity contribution in [3.8, 4) is 5.75 Å². The number of likely N-dealkylation sites (tertiary alicyclic amines) is 1. The minimum atomic E-state index is -0.275. The van der Waals surface area contributed by atoms with Crippen molar-refractivity contribution in [3.05, 3.63) is 30.3 Å². The predicted octanol–water partition coefficient (Wildman–Crippen LogP) is 3.52. The van der Waals surface area contributed by atoms with E-state index < -0.39 is 0 Å². The average Bonchev–Trinajstić information content (AvgIpc) is 3.05. The van der Waals surface area contributed by atoms with Crippen LogP contribution in [0.2, 0.25) is 0 Å². The normalized spacial score (nSPS) is 20.5. The van der Waals surface area contributed by atoms with E-state index in [2.05, 4.69) is 23.4 Å². The van der Waals surface area contributed by atoms with Gasteiger partial charge in [-0.05, 0) is 43.4 Å². The molecule has 2 heterocycles. The van der Waals surface area contributed by atoms with E-state index in [9.17, 15) is 9.59 Å². The number of hydrogen-bond donors (Lipinski definition) is 1. The molecule has 0 saturated carbocycles. The summed E-state index contributed by atoms with van der Waals surface area (Å²) in [6.07, 6.45) is 7.88. The van der Waals surface area contributed by atoms with E-state index in [-0.39, 0.29) is 23.5 Å². The molecule has 0 aliphatic carbocycles. The minimum absolute atomic E-state index is 0.0818. The Bertz CT molecular complexity index is 707. The number of hydrogen-bond acceptors (Lipinski definition) is 5. The Morgan fingerprint density at radius 1 is 1.23 bits per heavy atom. The van der Waals surface area contributed by atoms with Crippen LogP contribution in [0.5, 0.6) is 5.75 Å². The summed E-state index contributed by atoms with van der Waals surface area (Å²) in [5.41, 5.74) is -0.275. The molecule has 1 aromatic carbocycles. The van der Waals surface area contributed by atoms with Gasteiger partial charge in [-0.25, -0.2) is 0 Å². The van der Waals surface area contributed by atoms with Gasteiger partial charge in [0.1, 0.15) is 5.75 Å². The molecule has 7 heteroatoms. The molecule has 0 aromatic heterocycles. The fourth-order valence-electron chi connectivity index (χ4n) is 4.56. The quantitative estimate of drug-likeness (QED) is 0.526. The maximum Gasteiger partial charge on any atom is 0.241 e. The number of nitrogens with one attached hydrogen (secondary N) is 1. The number of thioether (sulfide) groups is 1. The Kier molecular flexibility index (Phi) is 9.08. The third-order valence-electron chi connectivity index (χ3n) is 6.36. The van der Waals surface area contributed by atoms with E-state index in [0.29, 0.717) is 32.5 Å². The molecule has 0 radical (unpaired) electrons. The van der Waals surface area contributed by atoms with E-state index in [1.807, 2.05) is 35.2 Å². The first-order chi connectivity index (χ1) is 15.1. The molecule has 1 aromatic rings. The maximum absolute atomic E-state index is 13.1. The van der Waals surface area contributed by atoms with Crippen molar-refractivity contribution in [2.75, 3.05) is 38.2 Å². The lowest BCUT2D eigenvalue weighted by Gasteiger charge is -2.44. The van der Waals surface area contributed by atoms with Crippen LogP contribution in [0, 0.1) is 0 Å². The molecule has 2 amide bonds. The molecule has 1 unspecified atom stereocenters. The molecular formula is C24H37N3O3S. The number of rotatable bonds is 11. The highest BCUT2D eigenvalue weighted by Crippen LogP contribution is 2.34. The third-order valence-corrected chi connectivity index (χ3v) is 7.00. The molecular weight excluding hydrogens is 410 g/mol. The Hall–Kier alpha value is -1.73. The summed E-state index contributed by atoms with van der Waals surface area (Å²) in [5.74, 6) is 2.27. The van der Waals surface area contributed by atoms with E-state index in [4.69, 9.17) is 4.74 Å². The zero-order valence-corrected chi connectivity index (χ0v) is 19.8. The minimum Gasteiger partial charge on any atom is -0.494 e. The highest BCUT2D eigenvalue weighted by atomic mass is 32.2. The lowest BCUT2D eigenvalue weighted by molar-refractivity contribution is -0.137. The van der Waals surface area contributed by atoms with Crippen LogP contribution >= 0.6 is 11.8 Å². The van der Waals surface area contributed by atoms with Gasteiger partial charge in [0.15, 0.2) is 0 Å². The highest BCUT2D eigenvalue weighted by molar-refractivity contribution is 7.98. The summed E-state index contributed by atoms with van der Waals surface area (Å²) in [6.45, 7) is 4.93. The van der Waals surface area contributed by atoms with Crippen molar-refractivity contribution < 1.29 is 14.3 Å². The molecule has 2 aliphatic heterocycles. The first-order valence-electron chi connectivity index (χ1n) is 11.6. The van der Waals surface area contributed by atoms with Gasteiger partial charge < -0.3 is 14.5 Å². The van der Waals surface area contributed by atoms with Crippen LogP contribution < -0.4 is 10.1 Å². The SMILES string of the molecule is CCCCN1C(=O)C(CCSC)NC12CCN(C(=O)CCCOc1ccccc1)CC2. The molecule has 3 rings (SSSR count). The van der Waals surface area contributed by atoms with Crippen LogP contribution in [-0.4, -0.2) is 71.6 Å². The van der Waals surface area contributed by atoms with Gasteiger partial charge in [-0.1, -0.05) is 31.5 Å². The highest BCUT2D eigenvalue weighted by Gasteiger charge is 2.51. The number of benzene rings is 1. The zero-order chi connectivity index (χ0) is 22.1. The van der Waals surface area contributed by atoms with Crippen LogP contribution in [0.15, 0.2) is 30.3 Å². The summed E-state index contributed by atoms with van der Waals surface area (Å²) in [7, 11) is 0. The zero-order valence-electron chi connectivity index (χ0n) is 19.0. The summed E-state index contributed by atoms with van der Waals surface area (Å²) >= 11 is 1.78. The number of carbonyl (C=O) groups is 2. The maximum atomic E-state index is 13.1. The monoisotopic (exact) mass is 447 g/mol. The van der Waals surface area contributed by atoms with Crippen LogP contribution in [0.25, 0.3) is 0 Å². The Morgan fingerprint density at radius 2 is 1.97 bits per heavy atom. The number of amides is 2. The first-order valence-corrected chi connectivity index (χ1v) is 13.0. The number of unbranched alkanes of at least 4 members (excludes halogenated alkanes) is 1. The molecule has 1 atom stereocenters. The first kappa shape index (κ1) is 23.9. The van der Waals surface area contributed by atoms with E-state index in [1.165, 1.54) is 0 Å². The molecule has 1 spiro atoms. The van der Waals surface area contributed by atoms with Crippen molar-refractivity contribution in [1.29, 1.82) is 0 Å². The molecule has 0 bridgehead atoms. The Labute approximate surface area is 191 Å². The van der Waals surface area contributed by atoms with Gasteiger partial charge in [-0.15, -0.1) is 0 Å². The lowest BCUT2D eigenvalue weighted by atomic mass is 9.95. The number of ether oxygens (including phenoxy) is 1. The molecule has 2 saturated heterocycles. The third kappa shape index (κ3) is 6.16. The van der Waals surface area contributed by atoms with Gasteiger partial charge >= 0.3 is 0 Å². The van der Waals surface area contributed by atoms with Gasteiger partial charge in [0.25, 0.3) is 0 Å². The summed E-state index contributed by atoms with van der Waals surface area (Å²) < 4.78 is 5.70. The van der Waals surface area contributed by atoms with Crippen molar-refractivity contribution in [2.45, 2.75) is 63.6 Å². The number of piperidine rings is 1. The summed E-state index contributed by atoms with van der Waals surface area (Å²) in [5, 5.41) is 3.68. The van der Waals surface area contributed by atoms with Crippen molar-refractivity contribution in [2.24, 2.45) is 0 Å². The molecule has 172 valence electrons. The second-order valence-electron chi connectivity index (χ2n) is 8.50. The second-order valence-corrected chi connectivity index (χ2v) is 9.48. The van der Waals surface area contributed by atoms with E-state index in [0.717, 1.165) is 50.2 Å². The standard InChI is InChI=1S/C24H37N3O3S/c1-3-4-15-27-23(29)21(12-19-31-2)25-24(27)13-16-26(17-14-24)22(28)11-8-18-30-20-9-6-5-7-10-20/h5-7,9-10,21,25H,3-4,8,11-19H2,1-2H3. The molecule has 2 aliphatic rings. The largest absolute Gasteiger partial charge is 0.494 e. The molecule has 1 N–H and O–H groups in total. The van der Waals surface area contributed by atoms with Crippen molar-refractivity contribution in [1.82, 2.24) is 15.1 Å². The fraction of sp³-hybridized carbons (Fsp3) is 0.667. The number of nitrogens with zero attached hydrogens (tertiary/aromatic N) is 2. The van der Waals surface area contributed by atoms with E-state index in [1.54, 1.807) is 11.8 Å². The van der Waals surface area contributed by atoms with Gasteiger partial charge in [0, 0.05) is 38.9 Å². The second kappa shape index (κ2) is 11.8. The smallest absolute Gasteiger partial charge is 0.241 e. The van der Waals surface area contributed by atoms with Crippen molar-refractivity contribution in [3.63, 3.8) is 0 Å². The Morgan fingerprint density at radius 3 is 2.65 bits per heavy atom. The van der Waals surface area contributed by atoms with Crippen LogP contribution in [0.4, 0.5) is 0 Å². The predicted molar refractivity (Wildman–Crippen MR) is 126 cm³/mol. The Balaban J connectivity index is 1.48. The average molecular weight is 448 g/mol. The topological polar surface area (TPSA) is 61.9 Å². The summed E-state index contributed by atoms with van der Waals surface area (Å²) in [6, 6.07) is 9.63. The number of para-hydroxylation sites is 1. The van der Waals surface area contributed by atoms with Gasteiger partial charge in [-0.3, -0.25) is 14.9 Å². The number of carbonyl (C=O) groups excluding carboxylic acids is 2.